The fourth-order valence-electron chi connectivity index (χ4n) is 1.16. The van der Waals surface area contributed by atoms with E-state index >= 15 is 0 Å². The Morgan fingerprint density at radius 1 is 0.960 bits per heavy atom. The van der Waals surface area contributed by atoms with Crippen LogP contribution in [0.25, 0.3) is 0 Å². The van der Waals surface area contributed by atoms with Gasteiger partial charge in [-0.2, -0.15) is 11.8 Å². The lowest BCUT2D eigenvalue weighted by molar-refractivity contribution is -0.157. The van der Waals surface area contributed by atoms with Crippen LogP contribution in [-0.2, 0) is 23.8 Å². The first-order chi connectivity index (χ1) is 11.5. The van der Waals surface area contributed by atoms with Crippen LogP contribution in [0.1, 0.15) is 61.3 Å². The van der Waals surface area contributed by atoms with Crippen LogP contribution in [0.15, 0.2) is 0 Å². The second-order valence-corrected chi connectivity index (χ2v) is 8.23. The second kappa shape index (κ2) is 13.5. The van der Waals surface area contributed by atoms with Gasteiger partial charge in [0.05, 0.1) is 16.9 Å². The van der Waals surface area contributed by atoms with E-state index in [1.165, 1.54) is 0 Å². The van der Waals surface area contributed by atoms with Gasteiger partial charge >= 0.3 is 11.9 Å². The lowest BCUT2D eigenvalue weighted by atomic mass is 9.91. The lowest BCUT2D eigenvalue weighted by Crippen LogP contribution is -2.28. The van der Waals surface area contributed by atoms with E-state index in [0.717, 1.165) is 18.6 Å². The number of carbonyl (C=O) groups excluding carboxylic acids is 2. The molecule has 0 aromatic heterocycles. The van der Waals surface area contributed by atoms with Gasteiger partial charge in [-0.25, -0.2) is 0 Å². The first kappa shape index (κ1) is 26.5. The Morgan fingerprint density at radius 3 is 1.76 bits per heavy atom. The standard InChI is InChI=1S/C10H20O3.C9H18O2S/c1-6-10(3,4)9(11)13-7-8(2)12-5;1-5-9(2,3)8(10)11-6-7-12-4/h8H,6-7H2,1-5H3;5-7H2,1-4H3. The molecule has 0 saturated heterocycles. The highest BCUT2D eigenvalue weighted by atomic mass is 32.2. The van der Waals surface area contributed by atoms with Crippen molar-refractivity contribution in [3.63, 3.8) is 0 Å². The van der Waals surface area contributed by atoms with E-state index in [0.29, 0.717) is 13.2 Å². The molecule has 5 nitrogen and oxygen atoms in total. The van der Waals surface area contributed by atoms with Crippen molar-refractivity contribution in [1.29, 1.82) is 0 Å². The second-order valence-electron chi connectivity index (χ2n) is 7.25. The van der Waals surface area contributed by atoms with Gasteiger partial charge in [-0.1, -0.05) is 13.8 Å². The molecule has 0 bridgehead atoms. The van der Waals surface area contributed by atoms with E-state index in [4.69, 9.17) is 14.2 Å². The maximum Gasteiger partial charge on any atom is 0.311 e. The average Bonchev–Trinajstić information content (AvgIpc) is 2.59. The fraction of sp³-hybridized carbons (Fsp3) is 0.895. The van der Waals surface area contributed by atoms with Crippen molar-refractivity contribution in [2.24, 2.45) is 10.8 Å². The molecule has 0 heterocycles. The summed E-state index contributed by atoms with van der Waals surface area (Å²) in [6.45, 7) is 14.3. The van der Waals surface area contributed by atoms with Crippen LogP contribution >= 0.6 is 11.8 Å². The molecule has 6 heteroatoms. The van der Waals surface area contributed by atoms with Crippen LogP contribution in [0, 0.1) is 10.8 Å². The molecule has 1 atom stereocenters. The minimum atomic E-state index is -0.381. The molecule has 25 heavy (non-hydrogen) atoms. The molecular weight excluding hydrogens is 340 g/mol. The summed E-state index contributed by atoms with van der Waals surface area (Å²) >= 11 is 1.68. The Morgan fingerprint density at radius 2 is 1.40 bits per heavy atom. The zero-order valence-corrected chi connectivity index (χ0v) is 18.4. The lowest BCUT2D eigenvalue weighted by Gasteiger charge is -2.21. The third-order valence-corrected chi connectivity index (χ3v) is 4.82. The van der Waals surface area contributed by atoms with Crippen LogP contribution in [0.4, 0.5) is 0 Å². The molecule has 0 aliphatic rings. The van der Waals surface area contributed by atoms with Crippen LogP contribution in [-0.4, -0.2) is 50.4 Å². The van der Waals surface area contributed by atoms with Gasteiger partial charge in [-0.15, -0.1) is 0 Å². The van der Waals surface area contributed by atoms with Crippen molar-refractivity contribution < 1.29 is 23.8 Å². The van der Waals surface area contributed by atoms with Gasteiger partial charge in [-0.3, -0.25) is 9.59 Å². The first-order valence-electron chi connectivity index (χ1n) is 8.84. The quantitative estimate of drug-likeness (QED) is 0.416. The average molecular weight is 379 g/mol. The summed E-state index contributed by atoms with van der Waals surface area (Å²) < 4.78 is 15.1. The third kappa shape index (κ3) is 12.3. The normalized spacial score (nSPS) is 12.7. The number of ether oxygens (including phenoxy) is 3. The van der Waals surface area contributed by atoms with Crippen LogP contribution < -0.4 is 0 Å². The fourth-order valence-corrected chi connectivity index (χ4v) is 1.41. The SMILES string of the molecule is CCC(C)(C)C(=O)OCC(C)OC.CCC(C)(C)C(=O)OCCSC. The highest BCUT2D eigenvalue weighted by molar-refractivity contribution is 7.98. The van der Waals surface area contributed by atoms with E-state index < -0.39 is 0 Å². The number of hydrogen-bond donors (Lipinski definition) is 0. The molecule has 0 aromatic carbocycles. The van der Waals surface area contributed by atoms with Gasteiger partial charge in [0.25, 0.3) is 0 Å². The predicted octanol–water partition coefficient (Wildman–Crippen LogP) is 4.33. The third-order valence-electron chi connectivity index (χ3n) is 4.25. The molecule has 0 aliphatic carbocycles. The number of rotatable bonds is 10. The molecule has 0 saturated carbocycles. The van der Waals surface area contributed by atoms with Crippen molar-refractivity contribution in [3.8, 4) is 0 Å². The summed E-state index contributed by atoms with van der Waals surface area (Å²) in [5.74, 6) is 0.642. The highest BCUT2D eigenvalue weighted by Crippen LogP contribution is 2.22. The summed E-state index contributed by atoms with van der Waals surface area (Å²) in [6, 6.07) is 0. The Hall–Kier alpha value is -0.750. The number of carbonyl (C=O) groups is 2. The molecule has 0 aliphatic heterocycles. The Balaban J connectivity index is 0. The summed E-state index contributed by atoms with van der Waals surface area (Å²) in [5, 5.41) is 0. The topological polar surface area (TPSA) is 61.8 Å². The summed E-state index contributed by atoms with van der Waals surface area (Å²) in [5.41, 5.74) is -0.703. The molecule has 0 fully saturated rings. The van der Waals surface area contributed by atoms with E-state index in [2.05, 4.69) is 0 Å². The molecule has 0 amide bonds. The van der Waals surface area contributed by atoms with Crippen molar-refractivity contribution in [3.05, 3.63) is 0 Å². The number of esters is 2. The van der Waals surface area contributed by atoms with Crippen LogP contribution in [0.3, 0.4) is 0 Å². The monoisotopic (exact) mass is 378 g/mol. The van der Waals surface area contributed by atoms with Gasteiger partial charge in [-0.05, 0) is 53.7 Å². The van der Waals surface area contributed by atoms with Gasteiger partial charge in [0.15, 0.2) is 0 Å². The van der Waals surface area contributed by atoms with E-state index in [1.54, 1.807) is 18.9 Å². The zero-order chi connectivity index (χ0) is 20.1. The molecule has 0 rings (SSSR count). The minimum Gasteiger partial charge on any atom is -0.464 e. The molecule has 1 unspecified atom stereocenters. The van der Waals surface area contributed by atoms with Gasteiger partial charge in [0, 0.05) is 12.9 Å². The first-order valence-corrected chi connectivity index (χ1v) is 10.2. The predicted molar refractivity (Wildman–Crippen MR) is 105 cm³/mol. The molecule has 0 radical (unpaired) electrons. The van der Waals surface area contributed by atoms with Gasteiger partial charge < -0.3 is 14.2 Å². The largest absolute Gasteiger partial charge is 0.464 e. The van der Waals surface area contributed by atoms with Crippen molar-refractivity contribution in [1.82, 2.24) is 0 Å². The summed E-state index contributed by atoms with van der Waals surface area (Å²) in [6.07, 6.45) is 3.58. The number of thioether (sulfide) groups is 1. The van der Waals surface area contributed by atoms with E-state index in [1.807, 2.05) is 54.7 Å². The van der Waals surface area contributed by atoms with E-state index in [-0.39, 0.29) is 28.9 Å². The Kier molecular flexibility index (Phi) is 14.2. The van der Waals surface area contributed by atoms with E-state index in [9.17, 15) is 9.59 Å². The molecule has 0 spiro atoms. The van der Waals surface area contributed by atoms with Crippen molar-refractivity contribution in [2.45, 2.75) is 67.4 Å². The number of methoxy groups -OCH3 is 1. The Bertz CT molecular complexity index is 380. The van der Waals surface area contributed by atoms with Gasteiger partial charge in [0.2, 0.25) is 0 Å². The smallest absolute Gasteiger partial charge is 0.311 e. The summed E-state index contributed by atoms with van der Waals surface area (Å²) in [7, 11) is 1.60. The maximum atomic E-state index is 11.4. The number of hydrogen-bond acceptors (Lipinski definition) is 6. The highest BCUT2D eigenvalue weighted by Gasteiger charge is 2.27. The van der Waals surface area contributed by atoms with Crippen molar-refractivity contribution in [2.75, 3.05) is 32.3 Å². The zero-order valence-electron chi connectivity index (χ0n) is 17.6. The maximum absolute atomic E-state index is 11.4. The van der Waals surface area contributed by atoms with Crippen LogP contribution in [0.5, 0.6) is 0 Å². The molecule has 150 valence electrons. The molecular formula is C19H38O5S. The minimum absolute atomic E-state index is 0.0309. The van der Waals surface area contributed by atoms with Gasteiger partial charge in [0.1, 0.15) is 13.2 Å². The summed E-state index contributed by atoms with van der Waals surface area (Å²) in [4.78, 5) is 22.8. The van der Waals surface area contributed by atoms with Crippen LogP contribution in [0.2, 0.25) is 0 Å². The Labute approximate surface area is 158 Å². The molecule has 0 N–H and O–H groups in total. The van der Waals surface area contributed by atoms with Crippen molar-refractivity contribution >= 4 is 23.7 Å². The molecule has 0 aromatic rings.